The predicted molar refractivity (Wildman–Crippen MR) is 66.4 cm³/mol. The first-order chi connectivity index (χ1) is 8.75. The van der Waals surface area contributed by atoms with Gasteiger partial charge < -0.3 is 9.84 Å². The molecule has 0 spiro atoms. The minimum atomic E-state index is -0.844. The van der Waals surface area contributed by atoms with Gasteiger partial charge in [-0.1, -0.05) is 24.3 Å². The average Bonchev–Trinajstić information content (AvgIpc) is 2.38. The van der Waals surface area contributed by atoms with E-state index < -0.39 is 5.97 Å². The molecular weight excluding hydrogens is 230 g/mol. The highest BCUT2D eigenvalue weighted by molar-refractivity contribution is 5.70. The molecule has 0 aliphatic heterocycles. The maximum absolute atomic E-state index is 10.7. The van der Waals surface area contributed by atoms with E-state index in [9.17, 15) is 4.79 Å². The Kier molecular flexibility index (Phi) is 3.91. The lowest BCUT2D eigenvalue weighted by Crippen LogP contribution is -2.05. The van der Waals surface area contributed by atoms with Crippen LogP contribution in [0.1, 0.15) is 11.1 Å². The Labute approximate surface area is 105 Å². The van der Waals surface area contributed by atoms with Crippen molar-refractivity contribution in [1.82, 2.24) is 4.98 Å². The van der Waals surface area contributed by atoms with E-state index in [1.807, 2.05) is 24.3 Å². The van der Waals surface area contributed by atoms with Gasteiger partial charge in [-0.25, -0.2) is 0 Å². The van der Waals surface area contributed by atoms with Crippen LogP contribution in [0.2, 0.25) is 0 Å². The molecule has 0 unspecified atom stereocenters. The summed E-state index contributed by atoms with van der Waals surface area (Å²) in [5.74, 6) is -0.175. The number of carboxylic acids is 1. The van der Waals surface area contributed by atoms with Crippen LogP contribution in [-0.2, 0) is 17.8 Å². The van der Waals surface area contributed by atoms with Crippen LogP contribution in [-0.4, -0.2) is 16.1 Å². The Balaban J connectivity index is 2.07. The Morgan fingerprint density at radius 3 is 2.61 bits per heavy atom. The summed E-state index contributed by atoms with van der Waals surface area (Å²) in [7, 11) is 0. The van der Waals surface area contributed by atoms with Crippen LogP contribution in [0.25, 0.3) is 0 Å². The molecule has 0 aliphatic rings. The lowest BCUT2D eigenvalue weighted by atomic mass is 10.1. The molecule has 1 N–H and O–H groups in total. The van der Waals surface area contributed by atoms with Crippen LogP contribution in [0.15, 0.2) is 48.8 Å². The summed E-state index contributed by atoms with van der Waals surface area (Å²) in [6.45, 7) is 0.342. The quantitative estimate of drug-likeness (QED) is 0.875. The van der Waals surface area contributed by atoms with Crippen LogP contribution in [0, 0.1) is 0 Å². The Hall–Kier alpha value is -2.36. The highest BCUT2D eigenvalue weighted by atomic mass is 16.5. The predicted octanol–water partition coefficient (Wildman–Crippen LogP) is 2.29. The molecule has 18 heavy (non-hydrogen) atoms. The van der Waals surface area contributed by atoms with E-state index in [0.717, 1.165) is 11.1 Å². The van der Waals surface area contributed by atoms with Crippen LogP contribution in [0.3, 0.4) is 0 Å². The molecule has 0 radical (unpaired) electrons. The van der Waals surface area contributed by atoms with E-state index in [0.29, 0.717) is 12.4 Å². The van der Waals surface area contributed by atoms with Crippen molar-refractivity contribution >= 4 is 5.97 Å². The van der Waals surface area contributed by atoms with Gasteiger partial charge in [0.1, 0.15) is 12.4 Å². The molecule has 92 valence electrons. The second-order valence-electron chi connectivity index (χ2n) is 3.82. The van der Waals surface area contributed by atoms with E-state index >= 15 is 0 Å². The average molecular weight is 243 g/mol. The van der Waals surface area contributed by atoms with Gasteiger partial charge in [-0.3, -0.25) is 9.78 Å². The molecule has 0 aliphatic carbocycles. The molecule has 0 amide bonds. The summed E-state index contributed by atoms with van der Waals surface area (Å²) in [6, 6.07) is 11.0. The SMILES string of the molecule is O=C(O)Cc1ccccc1COc1cccnc1. The molecule has 0 saturated carbocycles. The second kappa shape index (κ2) is 5.82. The molecule has 2 rings (SSSR count). The van der Waals surface area contributed by atoms with E-state index in [1.54, 1.807) is 24.5 Å². The molecule has 0 bridgehead atoms. The number of ether oxygens (including phenoxy) is 1. The number of carbonyl (C=O) groups is 1. The van der Waals surface area contributed by atoms with Crippen LogP contribution >= 0.6 is 0 Å². The number of carboxylic acid groups (broad SMARTS) is 1. The lowest BCUT2D eigenvalue weighted by Gasteiger charge is -2.09. The monoisotopic (exact) mass is 243 g/mol. The topological polar surface area (TPSA) is 59.4 Å². The zero-order chi connectivity index (χ0) is 12.8. The zero-order valence-electron chi connectivity index (χ0n) is 9.74. The number of nitrogens with zero attached hydrogens (tertiary/aromatic N) is 1. The van der Waals surface area contributed by atoms with Crippen molar-refractivity contribution in [3.63, 3.8) is 0 Å². The number of aromatic nitrogens is 1. The number of aliphatic carboxylic acids is 1. The van der Waals surface area contributed by atoms with Crippen LogP contribution < -0.4 is 4.74 Å². The van der Waals surface area contributed by atoms with Gasteiger partial charge >= 0.3 is 5.97 Å². The third-order valence-electron chi connectivity index (χ3n) is 2.49. The lowest BCUT2D eigenvalue weighted by molar-refractivity contribution is -0.136. The molecular formula is C14H13NO3. The first-order valence-electron chi connectivity index (χ1n) is 5.57. The van der Waals surface area contributed by atoms with E-state index in [2.05, 4.69) is 4.98 Å². The Morgan fingerprint density at radius 2 is 1.94 bits per heavy atom. The van der Waals surface area contributed by atoms with E-state index in [4.69, 9.17) is 9.84 Å². The van der Waals surface area contributed by atoms with Crippen LogP contribution in [0.5, 0.6) is 5.75 Å². The van der Waals surface area contributed by atoms with Gasteiger partial charge in [0.25, 0.3) is 0 Å². The molecule has 1 aromatic carbocycles. The molecule has 4 heteroatoms. The van der Waals surface area contributed by atoms with Gasteiger partial charge in [0.05, 0.1) is 12.6 Å². The smallest absolute Gasteiger partial charge is 0.307 e. The van der Waals surface area contributed by atoms with E-state index in [1.165, 1.54) is 0 Å². The minimum absolute atomic E-state index is 0.00652. The van der Waals surface area contributed by atoms with Gasteiger partial charge in [0, 0.05) is 6.20 Å². The van der Waals surface area contributed by atoms with Crippen molar-refractivity contribution in [2.24, 2.45) is 0 Å². The molecule has 0 atom stereocenters. The van der Waals surface area contributed by atoms with E-state index in [-0.39, 0.29) is 6.42 Å². The fourth-order valence-corrected chi connectivity index (χ4v) is 1.63. The normalized spacial score (nSPS) is 10.0. The van der Waals surface area contributed by atoms with Crippen molar-refractivity contribution in [1.29, 1.82) is 0 Å². The van der Waals surface area contributed by atoms with Crippen molar-refractivity contribution in [3.05, 3.63) is 59.9 Å². The molecule has 0 saturated heterocycles. The first kappa shape index (κ1) is 12.1. The third kappa shape index (κ3) is 3.31. The molecule has 1 heterocycles. The number of hydrogen-bond acceptors (Lipinski definition) is 3. The molecule has 1 aromatic heterocycles. The largest absolute Gasteiger partial charge is 0.487 e. The highest BCUT2D eigenvalue weighted by Gasteiger charge is 2.06. The standard InChI is InChI=1S/C14H13NO3/c16-14(17)8-11-4-1-2-5-12(11)10-18-13-6-3-7-15-9-13/h1-7,9H,8,10H2,(H,16,17). The summed E-state index contributed by atoms with van der Waals surface area (Å²) in [6.07, 6.45) is 3.30. The maximum atomic E-state index is 10.7. The summed E-state index contributed by atoms with van der Waals surface area (Å²) in [5.41, 5.74) is 1.65. The van der Waals surface area contributed by atoms with Gasteiger partial charge in [-0.2, -0.15) is 0 Å². The maximum Gasteiger partial charge on any atom is 0.307 e. The number of rotatable bonds is 5. The van der Waals surface area contributed by atoms with Gasteiger partial charge in [-0.15, -0.1) is 0 Å². The summed E-state index contributed by atoms with van der Waals surface area (Å²) < 4.78 is 5.56. The minimum Gasteiger partial charge on any atom is -0.487 e. The Morgan fingerprint density at radius 1 is 1.17 bits per heavy atom. The Bertz CT molecular complexity index is 526. The number of hydrogen-bond donors (Lipinski definition) is 1. The second-order valence-corrected chi connectivity index (χ2v) is 3.82. The highest BCUT2D eigenvalue weighted by Crippen LogP contribution is 2.14. The van der Waals surface area contributed by atoms with Crippen molar-refractivity contribution in [2.45, 2.75) is 13.0 Å². The molecule has 4 nitrogen and oxygen atoms in total. The number of benzene rings is 1. The van der Waals surface area contributed by atoms with Crippen molar-refractivity contribution in [3.8, 4) is 5.75 Å². The summed E-state index contributed by atoms with van der Waals surface area (Å²) >= 11 is 0. The van der Waals surface area contributed by atoms with Crippen molar-refractivity contribution < 1.29 is 14.6 Å². The third-order valence-corrected chi connectivity index (χ3v) is 2.49. The fourth-order valence-electron chi connectivity index (χ4n) is 1.63. The zero-order valence-corrected chi connectivity index (χ0v) is 9.74. The number of pyridine rings is 1. The summed E-state index contributed by atoms with van der Waals surface area (Å²) in [4.78, 5) is 14.7. The van der Waals surface area contributed by atoms with Gasteiger partial charge in [0.2, 0.25) is 0 Å². The van der Waals surface area contributed by atoms with Crippen LogP contribution in [0.4, 0.5) is 0 Å². The summed E-state index contributed by atoms with van der Waals surface area (Å²) in [5, 5.41) is 8.83. The van der Waals surface area contributed by atoms with Gasteiger partial charge in [-0.05, 0) is 23.3 Å². The van der Waals surface area contributed by atoms with Gasteiger partial charge in [0.15, 0.2) is 0 Å². The molecule has 2 aromatic rings. The fraction of sp³-hybridized carbons (Fsp3) is 0.143. The van der Waals surface area contributed by atoms with Crippen molar-refractivity contribution in [2.75, 3.05) is 0 Å². The molecule has 0 fully saturated rings. The first-order valence-corrected chi connectivity index (χ1v) is 5.57.